The predicted molar refractivity (Wildman–Crippen MR) is 151 cm³/mol. The zero-order valence-corrected chi connectivity index (χ0v) is 25.0. The molecule has 2 N–H and O–H groups in total. The van der Waals surface area contributed by atoms with Crippen molar-refractivity contribution in [3.8, 4) is 11.4 Å². The number of carbonyl (C=O) groups excluding carboxylic acids is 3. The van der Waals surface area contributed by atoms with Crippen LogP contribution in [0.2, 0.25) is 0 Å². The number of hydrogen-bond donors (Lipinski definition) is 2. The predicted octanol–water partition coefficient (Wildman–Crippen LogP) is 0.561. The van der Waals surface area contributed by atoms with E-state index in [0.29, 0.717) is 62.0 Å². The van der Waals surface area contributed by atoms with Gasteiger partial charge >= 0.3 is 11.9 Å². The fraction of sp³-hybridized carbons (Fsp3) is 0.519. The lowest BCUT2D eigenvalue weighted by molar-refractivity contribution is -0.158. The van der Waals surface area contributed by atoms with Crippen molar-refractivity contribution in [3.05, 3.63) is 47.6 Å². The Hall–Kier alpha value is -4.77. The minimum atomic E-state index is -0.611. The Morgan fingerprint density at radius 2 is 1.18 bits per heavy atom. The molecule has 0 spiro atoms. The van der Waals surface area contributed by atoms with Crippen molar-refractivity contribution in [2.75, 3.05) is 39.4 Å². The van der Waals surface area contributed by atoms with Gasteiger partial charge in [0.2, 0.25) is 0 Å². The molecule has 2 aliphatic heterocycles. The van der Waals surface area contributed by atoms with Gasteiger partial charge in [-0.05, 0) is 13.8 Å². The smallest absolute Gasteiger partial charge is 0.358 e. The Morgan fingerprint density at radius 3 is 1.57 bits per heavy atom. The SMILES string of the molecule is CCOC(=O)c1[nH]ncc1-n1cc(CN2CC3(C)CN(Cc4cn(-c5cn[nH]c5C(=O)OCC)nn4)CC(C)(C2)C3=O)nn1. The van der Waals surface area contributed by atoms with Crippen molar-refractivity contribution in [2.24, 2.45) is 10.8 Å². The molecular weight excluding hydrogens is 572 g/mol. The number of ether oxygens (including phenoxy) is 2. The second kappa shape index (κ2) is 11.4. The first kappa shape index (κ1) is 29.3. The maximum atomic E-state index is 13.6. The summed E-state index contributed by atoms with van der Waals surface area (Å²) in [6.45, 7) is 11.2. The molecule has 0 aliphatic carbocycles. The highest BCUT2D eigenvalue weighted by atomic mass is 16.5. The van der Waals surface area contributed by atoms with E-state index in [1.807, 2.05) is 13.8 Å². The molecule has 0 atom stereocenters. The molecule has 2 aliphatic rings. The summed E-state index contributed by atoms with van der Waals surface area (Å²) in [5.41, 5.74) is 1.48. The van der Waals surface area contributed by atoms with Crippen LogP contribution in [-0.2, 0) is 27.4 Å². The number of rotatable bonds is 10. The molecule has 4 aromatic heterocycles. The summed E-state index contributed by atoms with van der Waals surface area (Å²) in [7, 11) is 0. The zero-order valence-electron chi connectivity index (χ0n) is 25.0. The molecule has 0 aromatic carbocycles. The van der Waals surface area contributed by atoms with Gasteiger partial charge in [0, 0.05) is 39.3 Å². The van der Waals surface area contributed by atoms with Gasteiger partial charge in [-0.15, -0.1) is 10.2 Å². The molecule has 0 radical (unpaired) electrons. The van der Waals surface area contributed by atoms with E-state index in [4.69, 9.17) is 9.47 Å². The second-order valence-corrected chi connectivity index (χ2v) is 11.8. The van der Waals surface area contributed by atoms with Gasteiger partial charge in [-0.25, -0.2) is 19.0 Å². The van der Waals surface area contributed by atoms with Crippen molar-refractivity contribution in [2.45, 2.75) is 40.8 Å². The minimum Gasteiger partial charge on any atom is -0.461 e. The highest BCUT2D eigenvalue weighted by molar-refractivity contribution is 5.92. The topological polar surface area (TPSA) is 195 Å². The monoisotopic (exact) mass is 606 g/mol. The van der Waals surface area contributed by atoms with Crippen LogP contribution in [0.4, 0.5) is 0 Å². The van der Waals surface area contributed by atoms with Crippen LogP contribution in [0.15, 0.2) is 24.8 Å². The lowest BCUT2D eigenvalue weighted by Gasteiger charge is -2.55. The Bertz CT molecular complexity index is 1550. The fourth-order valence-corrected chi connectivity index (χ4v) is 6.47. The van der Waals surface area contributed by atoms with E-state index >= 15 is 0 Å². The average molecular weight is 607 g/mol. The number of nitrogens with one attached hydrogen (secondary N) is 2. The van der Waals surface area contributed by atoms with Crippen molar-refractivity contribution >= 4 is 17.7 Å². The molecule has 17 heteroatoms. The summed E-state index contributed by atoms with van der Waals surface area (Å²) in [4.78, 5) is 42.7. The van der Waals surface area contributed by atoms with E-state index in [1.54, 1.807) is 26.2 Å². The number of hydrogen-bond acceptors (Lipinski definition) is 13. The van der Waals surface area contributed by atoms with Crippen molar-refractivity contribution in [1.29, 1.82) is 0 Å². The third-order valence-corrected chi connectivity index (χ3v) is 7.93. The van der Waals surface area contributed by atoms with Crippen LogP contribution in [-0.4, -0.2) is 117 Å². The fourth-order valence-electron chi connectivity index (χ4n) is 6.47. The van der Waals surface area contributed by atoms with Gasteiger partial charge in [-0.1, -0.05) is 24.3 Å². The van der Waals surface area contributed by atoms with Crippen LogP contribution >= 0.6 is 0 Å². The third kappa shape index (κ3) is 5.39. The van der Waals surface area contributed by atoms with Crippen LogP contribution in [0, 0.1) is 10.8 Å². The largest absolute Gasteiger partial charge is 0.461 e. The van der Waals surface area contributed by atoms with E-state index in [1.165, 1.54) is 21.8 Å². The van der Waals surface area contributed by atoms with Gasteiger partial charge in [0.1, 0.15) is 17.2 Å². The van der Waals surface area contributed by atoms with E-state index in [9.17, 15) is 14.4 Å². The molecule has 6 rings (SSSR count). The number of fused-ring (bicyclic) bond motifs is 2. The first-order valence-electron chi connectivity index (χ1n) is 14.4. The zero-order chi connectivity index (χ0) is 31.1. The quantitative estimate of drug-likeness (QED) is 0.238. The molecule has 2 saturated heterocycles. The van der Waals surface area contributed by atoms with Gasteiger partial charge in [0.25, 0.3) is 0 Å². The molecule has 0 unspecified atom stereocenters. The van der Waals surface area contributed by atoms with Gasteiger partial charge in [0.15, 0.2) is 11.4 Å². The Labute approximate surface area is 251 Å². The summed E-state index contributed by atoms with van der Waals surface area (Å²) in [6.07, 6.45) is 6.51. The van der Waals surface area contributed by atoms with Crippen molar-refractivity contribution in [1.82, 2.24) is 60.2 Å². The van der Waals surface area contributed by atoms with Gasteiger partial charge in [0.05, 0.1) is 60.2 Å². The summed E-state index contributed by atoms with van der Waals surface area (Å²) in [5.74, 6) is -0.787. The number of H-pyrrole nitrogens is 2. The van der Waals surface area contributed by atoms with Crippen LogP contribution in [0.5, 0.6) is 0 Å². The third-order valence-electron chi connectivity index (χ3n) is 7.93. The number of piperidine rings is 2. The normalized spacial score (nSPS) is 22.3. The summed E-state index contributed by atoms with van der Waals surface area (Å²) in [6, 6.07) is 0. The molecule has 0 saturated carbocycles. The number of aromatic nitrogens is 10. The Balaban J connectivity index is 1.13. The lowest BCUT2D eigenvalue weighted by atomic mass is 9.64. The molecule has 0 amide bonds. The molecule has 4 aromatic rings. The number of likely N-dealkylation sites (tertiary alicyclic amines) is 2. The Kier molecular flexibility index (Phi) is 7.58. The maximum absolute atomic E-state index is 13.6. The summed E-state index contributed by atoms with van der Waals surface area (Å²) >= 11 is 0. The standard InChI is InChI=1S/C27H34N12O5/c1-5-43-23(40)21-19(7-28-32-21)38-11-17(30-34-38)9-36-13-26(3)15-37(16-27(4,14-36)25(26)42)10-18-12-39(35-31-18)20-8-29-33-22(20)24(41)44-6-2/h7-8,11-12H,5-6,9-10,13-16H2,1-4H3,(H,28,32)(H,29,33). The molecule has 232 valence electrons. The average Bonchev–Trinajstić information content (AvgIpc) is 3.78. The van der Waals surface area contributed by atoms with Gasteiger partial charge < -0.3 is 9.47 Å². The van der Waals surface area contributed by atoms with Crippen LogP contribution in [0.1, 0.15) is 60.1 Å². The van der Waals surface area contributed by atoms with E-state index in [0.717, 1.165) is 0 Å². The van der Waals surface area contributed by atoms with Gasteiger partial charge in [-0.3, -0.25) is 24.8 Å². The van der Waals surface area contributed by atoms with Crippen LogP contribution in [0.25, 0.3) is 11.4 Å². The minimum absolute atomic E-state index is 0.200. The van der Waals surface area contributed by atoms with E-state index in [-0.39, 0.29) is 30.4 Å². The number of Topliss-reactive ketones (excluding diaryl/α,β-unsaturated/α-hetero) is 1. The molecule has 17 nitrogen and oxygen atoms in total. The van der Waals surface area contributed by atoms with Crippen molar-refractivity contribution in [3.63, 3.8) is 0 Å². The highest BCUT2D eigenvalue weighted by Gasteiger charge is 2.55. The first-order chi connectivity index (χ1) is 21.1. The number of carbonyl (C=O) groups is 3. The van der Waals surface area contributed by atoms with E-state index < -0.39 is 22.8 Å². The number of ketones is 1. The lowest BCUT2D eigenvalue weighted by Crippen LogP contribution is -2.67. The maximum Gasteiger partial charge on any atom is 0.358 e. The molecular formula is C27H34N12O5. The molecule has 2 bridgehead atoms. The summed E-state index contributed by atoms with van der Waals surface area (Å²) < 4.78 is 13.2. The van der Waals surface area contributed by atoms with Crippen molar-refractivity contribution < 1.29 is 23.9 Å². The Morgan fingerprint density at radius 1 is 0.773 bits per heavy atom. The first-order valence-corrected chi connectivity index (χ1v) is 14.4. The molecule has 6 heterocycles. The number of esters is 2. The summed E-state index contributed by atoms with van der Waals surface area (Å²) in [5, 5.41) is 30.3. The van der Waals surface area contributed by atoms with Gasteiger partial charge in [-0.2, -0.15) is 10.2 Å². The van der Waals surface area contributed by atoms with Crippen LogP contribution < -0.4 is 0 Å². The number of aromatic amines is 2. The van der Waals surface area contributed by atoms with E-state index in [2.05, 4.69) is 50.8 Å². The van der Waals surface area contributed by atoms with Crippen LogP contribution in [0.3, 0.4) is 0 Å². The number of nitrogens with zero attached hydrogens (tertiary/aromatic N) is 10. The molecule has 44 heavy (non-hydrogen) atoms. The molecule has 2 fully saturated rings. The second-order valence-electron chi connectivity index (χ2n) is 11.8. The highest BCUT2D eigenvalue weighted by Crippen LogP contribution is 2.43.